The summed E-state index contributed by atoms with van der Waals surface area (Å²) >= 11 is 0. The van der Waals surface area contributed by atoms with Crippen LogP contribution in [0, 0.1) is 6.92 Å². The zero-order valence-corrected chi connectivity index (χ0v) is 32.6. The highest BCUT2D eigenvalue weighted by Crippen LogP contribution is 2.44. The Morgan fingerprint density at radius 2 is 0.967 bits per heavy atom. The molecule has 0 spiro atoms. The maximum atomic E-state index is 14.2. The van der Waals surface area contributed by atoms with Crippen LogP contribution < -0.4 is 0 Å². The number of rotatable bonds is 6. The summed E-state index contributed by atoms with van der Waals surface area (Å²) in [5, 5.41) is 3.39. The molecule has 0 radical (unpaired) electrons. The second kappa shape index (κ2) is 14.1. The monoisotopic (exact) mass is 798 g/mol. The molecule has 9 heteroatoms. The van der Waals surface area contributed by atoms with Gasteiger partial charge in [-0.05, 0) is 67.6 Å². The van der Waals surface area contributed by atoms with Crippen molar-refractivity contribution >= 4 is 43.6 Å². The normalized spacial score (nSPS) is 11.9. The summed E-state index contributed by atoms with van der Waals surface area (Å²) in [5.41, 5.74) is 9.02. The van der Waals surface area contributed by atoms with Crippen LogP contribution in [0.15, 0.2) is 182 Å². The molecule has 11 aromatic rings. The van der Waals surface area contributed by atoms with Gasteiger partial charge in [-0.1, -0.05) is 121 Å². The summed E-state index contributed by atoms with van der Waals surface area (Å²) in [4.78, 5) is 20.6. The molecule has 0 saturated carbocycles. The van der Waals surface area contributed by atoms with Gasteiger partial charge in [0.15, 0.2) is 17.5 Å². The van der Waals surface area contributed by atoms with Crippen molar-refractivity contribution in [3.05, 3.63) is 193 Å². The molecule has 11 rings (SSSR count). The van der Waals surface area contributed by atoms with E-state index in [4.69, 9.17) is 19.9 Å². The number of hydrogen-bond donors (Lipinski definition) is 0. The van der Waals surface area contributed by atoms with E-state index in [0.717, 1.165) is 61.3 Å². The van der Waals surface area contributed by atoms with E-state index in [1.165, 1.54) is 6.07 Å². The second-order valence-electron chi connectivity index (χ2n) is 15.1. The van der Waals surface area contributed by atoms with Gasteiger partial charge in [-0.25, -0.2) is 15.0 Å². The summed E-state index contributed by atoms with van der Waals surface area (Å²) in [6.07, 6.45) is -2.75. The van der Waals surface area contributed by atoms with Gasteiger partial charge in [0.25, 0.3) is 0 Å². The zero-order chi connectivity index (χ0) is 41.2. The number of para-hydroxylation sites is 2. The molecule has 0 amide bonds. The van der Waals surface area contributed by atoms with E-state index in [2.05, 4.69) is 54.0 Å². The molecule has 0 aliphatic heterocycles. The molecule has 7 aromatic carbocycles. The molecule has 0 bridgehead atoms. The Bertz CT molecular complexity index is 3420. The summed E-state index contributed by atoms with van der Waals surface area (Å²) in [7, 11) is 0. The van der Waals surface area contributed by atoms with Gasteiger partial charge in [-0.3, -0.25) is 4.98 Å². The highest BCUT2D eigenvalue weighted by Gasteiger charge is 2.32. The van der Waals surface area contributed by atoms with Gasteiger partial charge < -0.3 is 9.13 Å². The summed E-state index contributed by atoms with van der Waals surface area (Å²) in [6.45, 7) is 2.09. The molecule has 6 nitrogen and oxygen atoms in total. The number of benzene rings is 7. The van der Waals surface area contributed by atoms with Gasteiger partial charge in [-0.15, -0.1) is 0 Å². The van der Waals surface area contributed by atoms with E-state index in [1.807, 2.05) is 120 Å². The maximum Gasteiger partial charge on any atom is 0.416 e. The molecule has 0 aliphatic rings. The SMILES string of the molecule is Cc1ccc2c(c1)c1ccccc1n2-c1cccc(-c2nc(-c3ccccc3)nc(-c3ccccc3)n2)c1-c1ncccc1-n1c2ccccc2c2cc(C(F)(F)F)ccc21. The fourth-order valence-electron chi connectivity index (χ4n) is 8.62. The molecular formula is C52H33F3N6. The molecular weight excluding hydrogens is 766 g/mol. The first-order valence-electron chi connectivity index (χ1n) is 19.9. The Labute approximate surface area is 347 Å². The van der Waals surface area contributed by atoms with Crippen LogP contribution in [0.2, 0.25) is 0 Å². The van der Waals surface area contributed by atoms with Crippen molar-refractivity contribution in [1.82, 2.24) is 29.1 Å². The first-order valence-corrected chi connectivity index (χ1v) is 19.9. The first kappa shape index (κ1) is 36.2. The van der Waals surface area contributed by atoms with Gasteiger partial charge in [0, 0.05) is 50.0 Å². The fraction of sp³-hybridized carbons (Fsp3) is 0.0385. The lowest BCUT2D eigenvalue weighted by Gasteiger charge is -2.20. The van der Waals surface area contributed by atoms with Gasteiger partial charge in [0.1, 0.15) is 0 Å². The number of fused-ring (bicyclic) bond motifs is 6. The van der Waals surface area contributed by atoms with E-state index < -0.39 is 11.7 Å². The van der Waals surface area contributed by atoms with Crippen molar-refractivity contribution in [2.24, 2.45) is 0 Å². The van der Waals surface area contributed by atoms with Crippen LogP contribution in [-0.4, -0.2) is 29.1 Å². The average Bonchev–Trinajstić information content (AvgIpc) is 3.81. The summed E-state index contributed by atoms with van der Waals surface area (Å²) < 4.78 is 46.9. The lowest BCUT2D eigenvalue weighted by atomic mass is 9.98. The van der Waals surface area contributed by atoms with Crippen LogP contribution in [0.3, 0.4) is 0 Å². The molecule has 61 heavy (non-hydrogen) atoms. The number of alkyl halides is 3. The number of aromatic nitrogens is 6. The Balaban J connectivity index is 1.27. The second-order valence-corrected chi connectivity index (χ2v) is 15.1. The minimum atomic E-state index is -4.51. The Hall–Kier alpha value is -7.91. The first-order chi connectivity index (χ1) is 29.8. The Kier molecular flexibility index (Phi) is 8.38. The van der Waals surface area contributed by atoms with Crippen LogP contribution in [0.1, 0.15) is 11.1 Å². The van der Waals surface area contributed by atoms with Crippen LogP contribution >= 0.6 is 0 Å². The Morgan fingerprint density at radius 1 is 0.443 bits per heavy atom. The maximum absolute atomic E-state index is 14.2. The fourth-order valence-corrected chi connectivity index (χ4v) is 8.62. The molecule has 0 fully saturated rings. The van der Waals surface area contributed by atoms with Crippen molar-refractivity contribution in [3.63, 3.8) is 0 Å². The predicted molar refractivity (Wildman–Crippen MR) is 238 cm³/mol. The van der Waals surface area contributed by atoms with Crippen molar-refractivity contribution in [2.45, 2.75) is 13.1 Å². The molecule has 0 aliphatic carbocycles. The minimum Gasteiger partial charge on any atom is -0.309 e. The molecule has 0 atom stereocenters. The van der Waals surface area contributed by atoms with E-state index in [9.17, 15) is 13.2 Å². The molecule has 4 heterocycles. The lowest BCUT2D eigenvalue weighted by Crippen LogP contribution is -2.07. The van der Waals surface area contributed by atoms with E-state index in [-0.39, 0.29) is 0 Å². The van der Waals surface area contributed by atoms with Crippen LogP contribution in [0.5, 0.6) is 0 Å². The average molecular weight is 799 g/mol. The quantitative estimate of drug-likeness (QED) is 0.168. The molecule has 0 N–H and O–H groups in total. The molecule has 292 valence electrons. The van der Waals surface area contributed by atoms with E-state index in [0.29, 0.717) is 50.7 Å². The topological polar surface area (TPSA) is 61.4 Å². The van der Waals surface area contributed by atoms with Crippen molar-refractivity contribution in [3.8, 4) is 56.8 Å². The van der Waals surface area contributed by atoms with Crippen LogP contribution in [-0.2, 0) is 6.18 Å². The lowest BCUT2D eigenvalue weighted by molar-refractivity contribution is -0.137. The third-order valence-electron chi connectivity index (χ3n) is 11.3. The van der Waals surface area contributed by atoms with Crippen molar-refractivity contribution in [2.75, 3.05) is 0 Å². The smallest absolute Gasteiger partial charge is 0.309 e. The number of pyridine rings is 1. The largest absolute Gasteiger partial charge is 0.416 e. The Morgan fingerprint density at radius 3 is 1.61 bits per heavy atom. The van der Waals surface area contributed by atoms with E-state index >= 15 is 0 Å². The molecule has 0 unspecified atom stereocenters. The standard InChI is InChI=1S/C52H33F3N6/c1-32-25-27-43-39(30-32)36-18-8-10-21-41(36)60(43)45-23-12-20-38(51-58-49(33-14-4-2-5-15-33)57-50(59-51)34-16-6-3-7-17-34)47(45)48-46(24-13-29-56-48)61-42-22-11-9-19-37(42)40-31-35(52(53,54)55)26-28-44(40)61/h2-31H,1H3. The van der Waals surface area contributed by atoms with Crippen molar-refractivity contribution in [1.29, 1.82) is 0 Å². The third-order valence-corrected chi connectivity index (χ3v) is 11.3. The van der Waals surface area contributed by atoms with Gasteiger partial charge in [-0.2, -0.15) is 13.2 Å². The summed E-state index contributed by atoms with van der Waals surface area (Å²) in [5.74, 6) is 1.46. The molecule has 4 aromatic heterocycles. The third kappa shape index (κ3) is 6.04. The van der Waals surface area contributed by atoms with Gasteiger partial charge in [0.05, 0.1) is 44.7 Å². The predicted octanol–water partition coefficient (Wildman–Crippen LogP) is 13.5. The number of nitrogens with zero attached hydrogens (tertiary/aromatic N) is 6. The van der Waals surface area contributed by atoms with Gasteiger partial charge in [0.2, 0.25) is 0 Å². The highest BCUT2D eigenvalue weighted by atomic mass is 19.4. The number of hydrogen-bond acceptors (Lipinski definition) is 4. The van der Waals surface area contributed by atoms with Gasteiger partial charge >= 0.3 is 6.18 Å². The highest BCUT2D eigenvalue weighted by molar-refractivity contribution is 6.12. The molecule has 0 saturated heterocycles. The minimum absolute atomic E-state index is 0.440. The zero-order valence-electron chi connectivity index (χ0n) is 32.6. The van der Waals surface area contributed by atoms with E-state index in [1.54, 1.807) is 12.3 Å². The number of aryl methyl sites for hydroxylation is 1. The number of halogens is 3. The van der Waals surface area contributed by atoms with Crippen LogP contribution in [0.4, 0.5) is 13.2 Å². The van der Waals surface area contributed by atoms with Crippen molar-refractivity contribution < 1.29 is 13.2 Å². The summed E-state index contributed by atoms with van der Waals surface area (Å²) in [6, 6.07) is 55.9. The van der Waals surface area contributed by atoms with Crippen LogP contribution in [0.25, 0.3) is 100 Å².